The lowest BCUT2D eigenvalue weighted by molar-refractivity contribution is 0.0938. The monoisotopic (exact) mass is 530 g/mol. The van der Waals surface area contributed by atoms with Gasteiger partial charge in [-0.3, -0.25) is 14.2 Å². The van der Waals surface area contributed by atoms with Crippen LogP contribution in [0, 0.1) is 24.7 Å². The molecule has 0 radical (unpaired) electrons. The predicted molar refractivity (Wildman–Crippen MR) is 154 cm³/mol. The quantitative estimate of drug-likeness (QED) is 0.324. The molecule has 1 atom stereocenters. The van der Waals surface area contributed by atoms with E-state index in [-0.39, 0.29) is 11.5 Å². The van der Waals surface area contributed by atoms with Gasteiger partial charge in [-0.25, -0.2) is 14.5 Å². The number of fused-ring (bicyclic) bond motifs is 2. The van der Waals surface area contributed by atoms with Crippen molar-refractivity contribution in [2.75, 3.05) is 0 Å². The summed E-state index contributed by atoms with van der Waals surface area (Å²) in [6.07, 6.45) is 9.26. The molecule has 1 saturated carbocycles. The zero-order chi connectivity index (χ0) is 27.6. The molecule has 3 heterocycles. The highest BCUT2D eigenvalue weighted by Crippen LogP contribution is 2.24. The van der Waals surface area contributed by atoms with E-state index < -0.39 is 6.04 Å². The topological polar surface area (TPSA) is 94.2 Å². The van der Waals surface area contributed by atoms with E-state index in [1.807, 2.05) is 55.5 Å². The lowest BCUT2D eigenvalue weighted by Gasteiger charge is -2.20. The van der Waals surface area contributed by atoms with Gasteiger partial charge in [-0.15, -0.1) is 0 Å². The van der Waals surface area contributed by atoms with Crippen LogP contribution in [0.4, 0.5) is 0 Å². The Kier molecular flexibility index (Phi) is 6.87. The Balaban J connectivity index is 1.45. The van der Waals surface area contributed by atoms with E-state index in [2.05, 4.69) is 27.2 Å². The molecule has 0 bridgehead atoms. The molecular formula is C32H30N6O2. The molecule has 200 valence electrons. The van der Waals surface area contributed by atoms with Gasteiger partial charge in [-0.2, -0.15) is 5.10 Å². The van der Waals surface area contributed by atoms with Crippen LogP contribution in [0.1, 0.15) is 72.5 Å². The van der Waals surface area contributed by atoms with E-state index in [1.165, 1.54) is 19.3 Å². The molecule has 8 nitrogen and oxygen atoms in total. The number of nitrogens with zero attached hydrogens (tertiary/aromatic N) is 5. The molecule has 0 aliphatic heterocycles. The van der Waals surface area contributed by atoms with Gasteiger partial charge in [0.05, 0.1) is 28.3 Å². The number of nitrogens with one attached hydrogen (secondary N) is 1. The first-order valence-corrected chi connectivity index (χ1v) is 13.7. The lowest BCUT2D eigenvalue weighted by atomic mass is 9.89. The van der Waals surface area contributed by atoms with Crippen LogP contribution >= 0.6 is 0 Å². The van der Waals surface area contributed by atoms with E-state index >= 15 is 0 Å². The number of aryl methyl sites for hydroxylation is 1. The Labute approximate surface area is 232 Å². The van der Waals surface area contributed by atoms with Gasteiger partial charge < -0.3 is 5.32 Å². The maximum absolute atomic E-state index is 14.2. The summed E-state index contributed by atoms with van der Waals surface area (Å²) in [6.45, 7) is 3.60. The largest absolute Gasteiger partial charge is 0.342 e. The van der Waals surface area contributed by atoms with Gasteiger partial charge in [-0.1, -0.05) is 55.4 Å². The van der Waals surface area contributed by atoms with Crippen LogP contribution in [0.3, 0.4) is 0 Å². The van der Waals surface area contributed by atoms with Crippen LogP contribution in [-0.2, 0) is 0 Å². The summed E-state index contributed by atoms with van der Waals surface area (Å²) in [6, 6.07) is 16.1. The van der Waals surface area contributed by atoms with Gasteiger partial charge in [0.15, 0.2) is 5.65 Å². The van der Waals surface area contributed by atoms with Gasteiger partial charge in [-0.05, 0) is 57.0 Å². The number of carbonyl (C=O) groups excluding carboxylic acids is 1. The second-order valence-corrected chi connectivity index (χ2v) is 10.3. The van der Waals surface area contributed by atoms with Gasteiger partial charge >= 0.3 is 0 Å². The molecule has 40 heavy (non-hydrogen) atoms. The molecule has 1 N–H and O–H groups in total. The molecule has 1 aliphatic rings. The van der Waals surface area contributed by atoms with Crippen molar-refractivity contribution in [2.24, 2.45) is 5.92 Å². The predicted octanol–water partition coefficient (Wildman–Crippen LogP) is 5.16. The first-order chi connectivity index (χ1) is 19.5. The number of hydrogen-bond acceptors (Lipinski definition) is 5. The molecule has 8 heteroatoms. The van der Waals surface area contributed by atoms with Crippen LogP contribution in [0.2, 0.25) is 0 Å². The number of carbonyl (C=O) groups is 1. The number of aromatic nitrogens is 5. The average Bonchev–Trinajstić information content (AvgIpc) is 3.32. The third-order valence-corrected chi connectivity index (χ3v) is 7.49. The summed E-state index contributed by atoms with van der Waals surface area (Å²) >= 11 is 0. The molecule has 3 aromatic heterocycles. The van der Waals surface area contributed by atoms with Crippen molar-refractivity contribution in [1.29, 1.82) is 0 Å². The highest BCUT2D eigenvalue weighted by molar-refractivity contribution is 6.01. The summed E-state index contributed by atoms with van der Waals surface area (Å²) < 4.78 is 3.17. The number of para-hydroxylation sites is 1. The van der Waals surface area contributed by atoms with E-state index in [9.17, 15) is 9.59 Å². The molecule has 2 aromatic carbocycles. The summed E-state index contributed by atoms with van der Waals surface area (Å²) in [4.78, 5) is 36.9. The summed E-state index contributed by atoms with van der Waals surface area (Å²) in [7, 11) is 0. The third kappa shape index (κ3) is 4.75. The maximum atomic E-state index is 14.2. The minimum atomic E-state index is -0.597. The molecule has 1 unspecified atom stereocenters. The second kappa shape index (κ2) is 10.8. The average molecular weight is 531 g/mol. The maximum Gasteiger partial charge on any atom is 0.267 e. The molecular weight excluding hydrogens is 500 g/mol. The summed E-state index contributed by atoms with van der Waals surface area (Å²) in [5.74, 6) is 7.18. The highest BCUT2D eigenvalue weighted by Gasteiger charge is 2.24. The van der Waals surface area contributed by atoms with Gasteiger partial charge in [0, 0.05) is 23.9 Å². The van der Waals surface area contributed by atoms with E-state index in [0.717, 1.165) is 12.8 Å². The third-order valence-electron chi connectivity index (χ3n) is 7.49. The second-order valence-electron chi connectivity index (χ2n) is 10.3. The summed E-state index contributed by atoms with van der Waals surface area (Å²) in [5.41, 5.74) is 3.12. The van der Waals surface area contributed by atoms with Crippen LogP contribution in [0.5, 0.6) is 0 Å². The molecule has 0 saturated heterocycles. The lowest BCUT2D eigenvalue weighted by Crippen LogP contribution is -2.33. The number of amides is 1. The van der Waals surface area contributed by atoms with E-state index in [0.29, 0.717) is 50.8 Å². The van der Waals surface area contributed by atoms with Crippen molar-refractivity contribution in [1.82, 2.24) is 29.5 Å². The van der Waals surface area contributed by atoms with E-state index in [4.69, 9.17) is 4.98 Å². The Morgan fingerprint density at radius 2 is 1.85 bits per heavy atom. The molecule has 6 rings (SSSR count). The smallest absolute Gasteiger partial charge is 0.267 e. The van der Waals surface area contributed by atoms with Crippen molar-refractivity contribution in [3.63, 3.8) is 0 Å². The summed E-state index contributed by atoms with van der Waals surface area (Å²) in [5, 5.41) is 7.92. The van der Waals surface area contributed by atoms with Crippen LogP contribution in [-0.4, -0.2) is 30.1 Å². The normalized spacial score (nSPS) is 14.6. The first kappa shape index (κ1) is 25.5. The van der Waals surface area contributed by atoms with E-state index in [1.54, 1.807) is 34.5 Å². The molecule has 0 spiro atoms. The molecule has 1 amide bonds. The molecule has 5 aromatic rings. The zero-order valence-electron chi connectivity index (χ0n) is 22.6. The first-order valence-electron chi connectivity index (χ1n) is 13.7. The minimum absolute atomic E-state index is 0.213. The molecule has 1 aliphatic carbocycles. The fraction of sp³-hybridized carbons (Fsp3) is 0.281. The van der Waals surface area contributed by atoms with Crippen LogP contribution < -0.4 is 10.9 Å². The fourth-order valence-corrected chi connectivity index (χ4v) is 5.49. The minimum Gasteiger partial charge on any atom is -0.342 e. The van der Waals surface area contributed by atoms with Gasteiger partial charge in [0.1, 0.15) is 11.4 Å². The molecule has 1 fully saturated rings. The SMILES string of the molecule is Cc1nn2cccnc2c1C(=O)NC(C)c1nc2cccc(C#CC3CCCCC3)c2c(=O)n1-c1ccccc1. The van der Waals surface area contributed by atoms with Crippen molar-refractivity contribution in [3.8, 4) is 17.5 Å². The van der Waals surface area contributed by atoms with Crippen molar-refractivity contribution in [2.45, 2.75) is 52.0 Å². The fourth-order valence-electron chi connectivity index (χ4n) is 5.49. The Bertz CT molecular complexity index is 1840. The van der Waals surface area contributed by atoms with Gasteiger partial charge in [0.2, 0.25) is 0 Å². The Morgan fingerprint density at radius 3 is 2.65 bits per heavy atom. The van der Waals surface area contributed by atoms with Crippen LogP contribution in [0.15, 0.2) is 71.8 Å². The number of rotatable bonds is 4. The van der Waals surface area contributed by atoms with Crippen molar-refractivity contribution in [3.05, 3.63) is 100.0 Å². The van der Waals surface area contributed by atoms with Crippen molar-refractivity contribution >= 4 is 22.5 Å². The van der Waals surface area contributed by atoms with Crippen LogP contribution in [0.25, 0.3) is 22.2 Å². The van der Waals surface area contributed by atoms with Gasteiger partial charge in [0.25, 0.3) is 11.5 Å². The zero-order valence-corrected chi connectivity index (χ0v) is 22.6. The Morgan fingerprint density at radius 1 is 1.05 bits per heavy atom. The Hall–Kier alpha value is -4.77. The standard InChI is InChI=1S/C32H30N6O2/c1-21-27(30-33-19-10-20-37(30)36-21)31(39)34-22(2)29-35-26-16-9-13-24(18-17-23-11-5-3-6-12-23)28(26)32(40)38(29)25-14-7-4-8-15-25/h4,7-10,13-16,19-20,22-23H,3,5-6,11-12H2,1-2H3,(H,34,39). The number of hydrogen-bond donors (Lipinski definition) is 1. The number of benzene rings is 2. The van der Waals surface area contributed by atoms with Crippen molar-refractivity contribution < 1.29 is 4.79 Å². The highest BCUT2D eigenvalue weighted by atomic mass is 16.2.